The number of esters is 4. The Morgan fingerprint density at radius 3 is 1.39 bits per heavy atom. The summed E-state index contributed by atoms with van der Waals surface area (Å²) in [6.45, 7) is 16.3. The van der Waals surface area contributed by atoms with Crippen LogP contribution in [0.4, 0.5) is 0 Å². The average molecular weight is 1190 g/mol. The zero-order valence-electron chi connectivity index (χ0n) is 50.5. The molecule has 20 nitrogen and oxygen atoms in total. The topological polar surface area (TPSA) is 316 Å². The maximum atomic E-state index is 14.9. The van der Waals surface area contributed by atoms with Crippen molar-refractivity contribution in [2.24, 2.45) is 34.2 Å². The summed E-state index contributed by atoms with van der Waals surface area (Å²) in [6, 6.07) is 24.5. The minimum Gasteiger partial charge on any atom is -0.480 e. The number of carboxylic acid groups (broad SMARTS) is 1. The van der Waals surface area contributed by atoms with Gasteiger partial charge < -0.3 is 46.2 Å². The zero-order valence-corrected chi connectivity index (χ0v) is 51.3. The van der Waals surface area contributed by atoms with Crippen LogP contribution < -0.4 is 22.1 Å². The number of aliphatic imine (C=N–C) groups is 1. The second-order valence-corrected chi connectivity index (χ2v) is 24.9. The lowest BCUT2D eigenvalue weighted by molar-refractivity contribution is -0.159. The Kier molecular flexibility index (Phi) is 28.1. The first kappa shape index (κ1) is 71.0. The lowest BCUT2D eigenvalue weighted by atomic mass is 9.84. The van der Waals surface area contributed by atoms with E-state index in [0.29, 0.717) is 12.3 Å². The number of amides is 2. The van der Waals surface area contributed by atoms with E-state index < -0.39 is 155 Å². The molecule has 460 valence electrons. The number of thioether (sulfide) groups is 1. The second kappa shape index (κ2) is 33.3. The monoisotopic (exact) mass is 1190 g/mol. The van der Waals surface area contributed by atoms with Gasteiger partial charge in [0.2, 0.25) is 11.8 Å². The number of Topliss-reactive ketones (excluding diaryl/α,β-unsaturated/α-hetero) is 3. The Bertz CT molecular complexity index is 2640. The van der Waals surface area contributed by atoms with Crippen LogP contribution in [0.15, 0.2) is 96.0 Å². The number of benzene rings is 3. The van der Waals surface area contributed by atoms with Crippen molar-refractivity contribution in [2.75, 3.05) is 19.4 Å². The highest BCUT2D eigenvalue weighted by molar-refractivity contribution is 8.00. The highest BCUT2D eigenvalue weighted by Crippen LogP contribution is 2.49. The van der Waals surface area contributed by atoms with Crippen molar-refractivity contribution in [1.29, 1.82) is 0 Å². The number of carbonyl (C=O) groups is 10. The number of aliphatic carboxylic acids is 1. The van der Waals surface area contributed by atoms with Gasteiger partial charge in [0.15, 0.2) is 11.6 Å². The molecule has 0 bridgehead atoms. The third-order valence-electron chi connectivity index (χ3n) is 12.9. The van der Waals surface area contributed by atoms with Crippen LogP contribution in [0.2, 0.25) is 0 Å². The Balaban J connectivity index is 2.13. The molecule has 7 N–H and O–H groups in total. The molecule has 3 aromatic carbocycles. The molecule has 0 aliphatic rings. The summed E-state index contributed by atoms with van der Waals surface area (Å²) in [5.41, 5.74) is 11.1. The summed E-state index contributed by atoms with van der Waals surface area (Å²) in [5, 5.41) is 14.6. The predicted molar refractivity (Wildman–Crippen MR) is 319 cm³/mol. The number of ether oxygens (including phenoxy) is 4. The van der Waals surface area contributed by atoms with Crippen LogP contribution in [0, 0.1) is 17.8 Å². The van der Waals surface area contributed by atoms with Gasteiger partial charge in [0.1, 0.15) is 28.6 Å². The van der Waals surface area contributed by atoms with E-state index >= 15 is 0 Å². The second-order valence-electron chi connectivity index (χ2n) is 23.6. The van der Waals surface area contributed by atoms with Gasteiger partial charge in [-0.05, 0) is 98.3 Å². The highest BCUT2D eigenvalue weighted by atomic mass is 32.2. The number of rotatable bonds is 34. The molecule has 0 radical (unpaired) electrons. The normalized spacial score (nSPS) is 14.3. The fourth-order valence-electron chi connectivity index (χ4n) is 8.96. The number of hydrogen-bond acceptors (Lipinski definition) is 17. The van der Waals surface area contributed by atoms with Crippen molar-refractivity contribution in [3.05, 3.63) is 108 Å². The third-order valence-corrected chi connectivity index (χ3v) is 14.6. The van der Waals surface area contributed by atoms with E-state index in [1.54, 1.807) is 69.2 Å². The number of nitrogens with two attached hydrogens (primary N) is 2. The van der Waals surface area contributed by atoms with Gasteiger partial charge in [0.25, 0.3) is 0 Å². The molecule has 0 spiro atoms. The van der Waals surface area contributed by atoms with Gasteiger partial charge in [-0.15, -0.1) is 11.8 Å². The van der Waals surface area contributed by atoms with E-state index in [4.69, 9.17) is 30.4 Å². The number of nitrogens with one attached hydrogen (secondary N) is 2. The molecule has 0 saturated heterocycles. The van der Waals surface area contributed by atoms with Crippen LogP contribution >= 0.6 is 11.8 Å². The molecular weight excluding hydrogens is 1100 g/mol. The molecule has 0 saturated carbocycles. The number of hydrogen-bond donors (Lipinski definition) is 5. The largest absolute Gasteiger partial charge is 0.480 e. The number of amidine groups is 1. The van der Waals surface area contributed by atoms with E-state index in [1.807, 2.05) is 91.0 Å². The molecule has 3 aromatic rings. The maximum absolute atomic E-state index is 14.9. The van der Waals surface area contributed by atoms with Crippen molar-refractivity contribution < 1.29 is 72.0 Å². The Labute approximate surface area is 498 Å². The van der Waals surface area contributed by atoms with E-state index in [1.165, 1.54) is 18.9 Å². The SMILES string of the molecule is CCC(N)=NCCC[C@@H](NC(=O)[C@H](CC(=O)CC[C@H](N)C(=O)O)CC(=O)OC(C)(C)C)C(=O)C[C@H](CC(=O)OC(C)(C)C)C(=O)N[C@H](CC(=O)OC(C)(C)C)C(=O)CC(CSC(c1ccccc1)(c1ccccc1)c1ccccc1)C(=O)OC. The Morgan fingerprint density at radius 1 is 0.571 bits per heavy atom. The summed E-state index contributed by atoms with van der Waals surface area (Å²) in [7, 11) is 1.19. The molecule has 1 unspecified atom stereocenters. The van der Waals surface area contributed by atoms with E-state index in [2.05, 4.69) is 15.6 Å². The molecular formula is C63H87N5O15S. The Morgan fingerprint density at radius 2 is 0.976 bits per heavy atom. The number of ketones is 3. The summed E-state index contributed by atoms with van der Waals surface area (Å²) >= 11 is 1.39. The minimum absolute atomic E-state index is 0.00485. The first-order valence-electron chi connectivity index (χ1n) is 28.3. The number of methoxy groups -OCH3 is 1. The molecule has 0 aliphatic carbocycles. The van der Waals surface area contributed by atoms with Crippen LogP contribution in [0.25, 0.3) is 0 Å². The lowest BCUT2D eigenvalue weighted by Crippen LogP contribution is -2.49. The summed E-state index contributed by atoms with van der Waals surface area (Å²) < 4.78 is 21.1. The number of nitrogens with zero attached hydrogens (tertiary/aromatic N) is 1. The molecule has 0 aromatic heterocycles. The fraction of sp³-hybridized carbons (Fsp3) is 0.540. The van der Waals surface area contributed by atoms with Gasteiger partial charge in [-0.3, -0.25) is 52.9 Å². The first-order valence-corrected chi connectivity index (χ1v) is 29.2. The van der Waals surface area contributed by atoms with Crippen molar-refractivity contribution >= 4 is 76.6 Å². The molecule has 0 aliphatic heterocycles. The van der Waals surface area contributed by atoms with Gasteiger partial charge in [-0.2, -0.15) is 0 Å². The van der Waals surface area contributed by atoms with E-state index in [9.17, 15) is 53.1 Å². The van der Waals surface area contributed by atoms with Crippen molar-refractivity contribution in [3.63, 3.8) is 0 Å². The van der Waals surface area contributed by atoms with Crippen LogP contribution in [0.3, 0.4) is 0 Å². The molecule has 0 heterocycles. The number of carbonyl (C=O) groups excluding carboxylic acids is 9. The van der Waals surface area contributed by atoms with Crippen LogP contribution in [0.1, 0.15) is 157 Å². The fourth-order valence-corrected chi connectivity index (χ4v) is 10.6. The first-order chi connectivity index (χ1) is 39.3. The molecule has 0 fully saturated rings. The third kappa shape index (κ3) is 24.9. The standard InChI is InChI=1S/C63H87N5O15S/c1-12-52(65)66-32-22-29-48(67-56(75)40(36-53(72)81-60(2,3)4)33-46(69)30-31-47(64)58(77)78)50(70)34-41(37-54(73)82-61(5,6)7)57(76)68-49(38-55(74)83-62(8,9)10)51(71)35-42(59(79)80-11)39-84-63(43-23-16-13-17-24-43,44-25-18-14-19-26-44)45-27-20-15-21-28-45/h13-21,23-28,40-42,47-49H,12,22,29-39,64H2,1-11H3,(H2,65,66)(H,67,75)(H,68,76)(H,77,78)/t40-,41-,42?,47+,48-,49-/m1/s1. The minimum atomic E-state index is -1.68. The van der Waals surface area contributed by atoms with Crippen LogP contribution in [-0.2, 0) is 71.6 Å². The van der Waals surface area contributed by atoms with Crippen molar-refractivity contribution in [2.45, 2.75) is 180 Å². The van der Waals surface area contributed by atoms with Gasteiger partial charge in [0.05, 0.1) is 66.8 Å². The highest BCUT2D eigenvalue weighted by Gasteiger charge is 2.41. The zero-order chi connectivity index (χ0) is 63.0. The van der Waals surface area contributed by atoms with Gasteiger partial charge in [0, 0.05) is 44.4 Å². The van der Waals surface area contributed by atoms with Gasteiger partial charge in [-0.1, -0.05) is 97.9 Å². The average Bonchev–Trinajstić information content (AvgIpc) is 1.09. The van der Waals surface area contributed by atoms with E-state index in [0.717, 1.165) is 16.7 Å². The molecule has 6 atom stereocenters. The van der Waals surface area contributed by atoms with Crippen molar-refractivity contribution in [1.82, 2.24) is 10.6 Å². The van der Waals surface area contributed by atoms with Crippen LogP contribution in [-0.4, -0.2) is 124 Å². The van der Waals surface area contributed by atoms with Crippen LogP contribution in [0.5, 0.6) is 0 Å². The maximum Gasteiger partial charge on any atom is 0.320 e. The summed E-state index contributed by atoms with van der Waals surface area (Å²) in [5.74, 6) is -12.7. The molecule has 21 heteroatoms. The molecule has 84 heavy (non-hydrogen) atoms. The van der Waals surface area contributed by atoms with Gasteiger partial charge >= 0.3 is 29.8 Å². The summed E-state index contributed by atoms with van der Waals surface area (Å²) in [6.07, 6.45) is -4.06. The van der Waals surface area contributed by atoms with E-state index in [-0.39, 0.29) is 38.0 Å². The van der Waals surface area contributed by atoms with Crippen molar-refractivity contribution in [3.8, 4) is 0 Å². The number of carboxylic acids is 1. The Hall–Kier alpha value is -7.26. The lowest BCUT2D eigenvalue weighted by Gasteiger charge is -2.36. The molecule has 3 rings (SSSR count). The quantitative estimate of drug-likeness (QED) is 0.00964. The molecule has 2 amide bonds. The van der Waals surface area contributed by atoms with Gasteiger partial charge in [-0.25, -0.2) is 0 Å². The smallest absolute Gasteiger partial charge is 0.320 e. The summed E-state index contributed by atoms with van der Waals surface area (Å²) in [4.78, 5) is 142. The predicted octanol–water partition coefficient (Wildman–Crippen LogP) is 7.52.